The summed E-state index contributed by atoms with van der Waals surface area (Å²) in [6.07, 6.45) is 0. The summed E-state index contributed by atoms with van der Waals surface area (Å²) in [6, 6.07) is 16.8. The molecular formula is C22H18FN3O4S. The van der Waals surface area contributed by atoms with Gasteiger partial charge in [0.05, 0.1) is 21.9 Å². The van der Waals surface area contributed by atoms with Crippen LogP contribution in [0.3, 0.4) is 0 Å². The Hall–Kier alpha value is -3.72. The third-order valence-corrected chi connectivity index (χ3v) is 5.31. The Morgan fingerprint density at radius 2 is 1.74 bits per heavy atom. The number of halogens is 1. The molecule has 0 saturated heterocycles. The van der Waals surface area contributed by atoms with Crippen LogP contribution < -0.4 is 10.6 Å². The van der Waals surface area contributed by atoms with E-state index in [1.54, 1.807) is 30.3 Å². The van der Waals surface area contributed by atoms with Crippen LogP contribution in [0.1, 0.15) is 15.9 Å². The molecule has 0 bridgehead atoms. The molecule has 0 aliphatic rings. The van der Waals surface area contributed by atoms with Crippen molar-refractivity contribution in [3.05, 3.63) is 93.8 Å². The minimum Gasteiger partial charge on any atom is -0.325 e. The average Bonchev–Trinajstić information content (AvgIpc) is 2.75. The maximum absolute atomic E-state index is 14.0. The SMILES string of the molecule is Cc1ccc(NC(=O)CSc2ccccc2C(=O)Nc2cc([N+](=O)[O-])ccc2F)cc1. The van der Waals surface area contributed by atoms with Gasteiger partial charge in [-0.2, -0.15) is 0 Å². The van der Waals surface area contributed by atoms with E-state index >= 15 is 0 Å². The highest BCUT2D eigenvalue weighted by Gasteiger charge is 2.17. The number of nitro groups is 1. The molecule has 0 saturated carbocycles. The number of nitrogens with zero attached hydrogens (tertiary/aromatic N) is 1. The van der Waals surface area contributed by atoms with E-state index in [0.29, 0.717) is 10.6 Å². The van der Waals surface area contributed by atoms with Gasteiger partial charge in [-0.3, -0.25) is 19.7 Å². The van der Waals surface area contributed by atoms with Crippen LogP contribution in [0.25, 0.3) is 0 Å². The van der Waals surface area contributed by atoms with Gasteiger partial charge in [0.1, 0.15) is 5.82 Å². The third-order valence-electron chi connectivity index (χ3n) is 4.23. The predicted octanol–water partition coefficient (Wildman–Crippen LogP) is 5.03. The van der Waals surface area contributed by atoms with Crippen molar-refractivity contribution in [2.75, 3.05) is 16.4 Å². The van der Waals surface area contributed by atoms with Crippen LogP contribution in [0.4, 0.5) is 21.5 Å². The molecule has 0 unspecified atom stereocenters. The summed E-state index contributed by atoms with van der Waals surface area (Å²) in [6.45, 7) is 1.95. The summed E-state index contributed by atoms with van der Waals surface area (Å²) in [4.78, 5) is 35.7. The van der Waals surface area contributed by atoms with Gasteiger partial charge >= 0.3 is 0 Å². The van der Waals surface area contributed by atoms with Gasteiger partial charge in [0.2, 0.25) is 5.91 Å². The highest BCUT2D eigenvalue weighted by molar-refractivity contribution is 8.00. The molecule has 2 N–H and O–H groups in total. The number of rotatable bonds is 7. The summed E-state index contributed by atoms with van der Waals surface area (Å²) in [5.41, 5.74) is 1.33. The second-order valence-electron chi connectivity index (χ2n) is 6.57. The molecule has 158 valence electrons. The first kappa shape index (κ1) is 22.0. The molecule has 0 aliphatic carbocycles. The summed E-state index contributed by atoms with van der Waals surface area (Å²) < 4.78 is 14.0. The number of carbonyl (C=O) groups excluding carboxylic acids is 2. The Bertz CT molecular complexity index is 1140. The van der Waals surface area contributed by atoms with Crippen molar-refractivity contribution in [1.29, 1.82) is 0 Å². The lowest BCUT2D eigenvalue weighted by Crippen LogP contribution is -2.16. The quantitative estimate of drug-likeness (QED) is 0.306. The van der Waals surface area contributed by atoms with Gasteiger partial charge in [-0.15, -0.1) is 11.8 Å². The largest absolute Gasteiger partial charge is 0.325 e. The second kappa shape index (κ2) is 9.86. The zero-order valence-corrected chi connectivity index (χ0v) is 17.2. The summed E-state index contributed by atoms with van der Waals surface area (Å²) >= 11 is 1.15. The fraction of sp³-hybridized carbons (Fsp3) is 0.0909. The summed E-state index contributed by atoms with van der Waals surface area (Å²) in [5.74, 6) is -1.61. The molecular weight excluding hydrogens is 421 g/mol. The van der Waals surface area contributed by atoms with Crippen molar-refractivity contribution in [2.24, 2.45) is 0 Å². The van der Waals surface area contributed by atoms with Crippen LogP contribution in [-0.4, -0.2) is 22.5 Å². The molecule has 0 atom stereocenters. The third kappa shape index (κ3) is 5.89. The highest BCUT2D eigenvalue weighted by Crippen LogP contribution is 2.26. The lowest BCUT2D eigenvalue weighted by molar-refractivity contribution is -0.384. The lowest BCUT2D eigenvalue weighted by atomic mass is 10.2. The van der Waals surface area contributed by atoms with Gasteiger partial charge < -0.3 is 10.6 Å². The number of nitrogens with one attached hydrogen (secondary N) is 2. The van der Waals surface area contributed by atoms with E-state index in [1.807, 2.05) is 19.1 Å². The number of thioether (sulfide) groups is 1. The van der Waals surface area contributed by atoms with Crippen LogP contribution >= 0.6 is 11.8 Å². The van der Waals surface area contributed by atoms with E-state index in [0.717, 1.165) is 35.5 Å². The number of anilines is 2. The molecule has 7 nitrogen and oxygen atoms in total. The van der Waals surface area contributed by atoms with E-state index in [9.17, 15) is 24.1 Å². The molecule has 9 heteroatoms. The Morgan fingerprint density at radius 1 is 1.03 bits per heavy atom. The highest BCUT2D eigenvalue weighted by atomic mass is 32.2. The zero-order valence-electron chi connectivity index (χ0n) is 16.4. The smallest absolute Gasteiger partial charge is 0.271 e. The van der Waals surface area contributed by atoms with Gasteiger partial charge in [-0.05, 0) is 37.3 Å². The van der Waals surface area contributed by atoms with Crippen molar-refractivity contribution >= 4 is 40.6 Å². The van der Waals surface area contributed by atoms with Gasteiger partial charge in [0.15, 0.2) is 0 Å². The van der Waals surface area contributed by atoms with Gasteiger partial charge in [0.25, 0.3) is 11.6 Å². The number of benzene rings is 3. The van der Waals surface area contributed by atoms with Crippen LogP contribution in [0, 0.1) is 22.9 Å². The molecule has 0 spiro atoms. The Kier molecular flexibility index (Phi) is 6.99. The molecule has 0 aliphatic heterocycles. The van der Waals surface area contributed by atoms with Crippen molar-refractivity contribution in [3.63, 3.8) is 0 Å². The topological polar surface area (TPSA) is 101 Å². The summed E-state index contributed by atoms with van der Waals surface area (Å²) in [7, 11) is 0. The van der Waals surface area contributed by atoms with E-state index in [-0.39, 0.29) is 28.6 Å². The van der Waals surface area contributed by atoms with E-state index in [1.165, 1.54) is 6.07 Å². The Balaban J connectivity index is 1.69. The first-order valence-electron chi connectivity index (χ1n) is 9.17. The Morgan fingerprint density at radius 3 is 2.45 bits per heavy atom. The lowest BCUT2D eigenvalue weighted by Gasteiger charge is -2.11. The molecule has 3 aromatic carbocycles. The van der Waals surface area contributed by atoms with Crippen LogP contribution in [0.2, 0.25) is 0 Å². The molecule has 31 heavy (non-hydrogen) atoms. The zero-order chi connectivity index (χ0) is 22.4. The molecule has 0 radical (unpaired) electrons. The Labute approximate surface area is 181 Å². The fourth-order valence-corrected chi connectivity index (χ4v) is 3.52. The first-order valence-corrected chi connectivity index (χ1v) is 10.2. The van der Waals surface area contributed by atoms with Crippen molar-refractivity contribution in [3.8, 4) is 0 Å². The number of nitro benzene ring substituents is 1. The second-order valence-corrected chi connectivity index (χ2v) is 7.59. The van der Waals surface area contributed by atoms with Gasteiger partial charge in [0, 0.05) is 22.7 Å². The van der Waals surface area contributed by atoms with E-state index < -0.39 is 16.6 Å². The van der Waals surface area contributed by atoms with Crippen molar-refractivity contribution < 1.29 is 18.9 Å². The maximum atomic E-state index is 14.0. The average molecular weight is 439 g/mol. The number of hydrogen-bond donors (Lipinski definition) is 2. The fourth-order valence-electron chi connectivity index (χ4n) is 2.67. The van der Waals surface area contributed by atoms with Crippen LogP contribution in [0.15, 0.2) is 71.6 Å². The molecule has 2 amide bonds. The number of amides is 2. The van der Waals surface area contributed by atoms with Crippen LogP contribution in [-0.2, 0) is 4.79 Å². The van der Waals surface area contributed by atoms with Crippen molar-refractivity contribution in [2.45, 2.75) is 11.8 Å². The van der Waals surface area contributed by atoms with Crippen molar-refractivity contribution in [1.82, 2.24) is 0 Å². The number of aryl methyl sites for hydroxylation is 1. The van der Waals surface area contributed by atoms with E-state index in [4.69, 9.17) is 0 Å². The normalized spacial score (nSPS) is 10.4. The molecule has 0 aromatic heterocycles. The summed E-state index contributed by atoms with van der Waals surface area (Å²) in [5, 5.41) is 16.0. The number of hydrogen-bond acceptors (Lipinski definition) is 5. The number of carbonyl (C=O) groups is 2. The monoisotopic (exact) mass is 439 g/mol. The number of non-ortho nitro benzene ring substituents is 1. The molecule has 3 rings (SSSR count). The molecule has 3 aromatic rings. The molecule has 0 heterocycles. The minimum absolute atomic E-state index is 0.0589. The first-order chi connectivity index (χ1) is 14.8. The van der Waals surface area contributed by atoms with Gasteiger partial charge in [-0.1, -0.05) is 29.8 Å². The standard InChI is InChI=1S/C22H18FN3O4S/c1-14-6-8-15(9-7-14)24-21(27)13-31-20-5-3-2-4-17(20)22(28)25-19-12-16(26(29)30)10-11-18(19)23/h2-12H,13H2,1H3,(H,24,27)(H,25,28). The maximum Gasteiger partial charge on any atom is 0.271 e. The minimum atomic E-state index is -0.790. The van der Waals surface area contributed by atoms with E-state index in [2.05, 4.69) is 10.6 Å². The predicted molar refractivity (Wildman–Crippen MR) is 118 cm³/mol. The van der Waals surface area contributed by atoms with Crippen LogP contribution in [0.5, 0.6) is 0 Å². The van der Waals surface area contributed by atoms with Gasteiger partial charge in [-0.25, -0.2) is 4.39 Å². The molecule has 0 fully saturated rings.